The maximum Gasteiger partial charge on any atom is 0.239 e. The number of hydrogen-bond acceptors (Lipinski definition) is 4. The molecular formula is C14H25N5OS. The van der Waals surface area contributed by atoms with Crippen molar-refractivity contribution in [1.29, 1.82) is 0 Å². The molecule has 0 unspecified atom stereocenters. The topological polar surface area (TPSA) is 78.4 Å². The van der Waals surface area contributed by atoms with Gasteiger partial charge in [-0.15, -0.1) is 11.3 Å². The van der Waals surface area contributed by atoms with Crippen LogP contribution < -0.4 is 16.0 Å². The van der Waals surface area contributed by atoms with Gasteiger partial charge in [0.05, 0.1) is 17.2 Å². The fourth-order valence-corrected chi connectivity index (χ4v) is 2.33. The van der Waals surface area contributed by atoms with Crippen LogP contribution in [0.5, 0.6) is 0 Å². The molecule has 118 valence electrons. The van der Waals surface area contributed by atoms with Gasteiger partial charge >= 0.3 is 0 Å². The number of hydrogen-bond donors (Lipinski definition) is 3. The van der Waals surface area contributed by atoms with E-state index in [1.807, 2.05) is 27.7 Å². The quantitative estimate of drug-likeness (QED) is 0.561. The second-order valence-corrected chi connectivity index (χ2v) is 6.82. The van der Waals surface area contributed by atoms with Crippen LogP contribution in [-0.2, 0) is 11.2 Å². The zero-order valence-electron chi connectivity index (χ0n) is 13.4. The highest BCUT2D eigenvalue weighted by Crippen LogP contribution is 2.07. The molecule has 7 heteroatoms. The van der Waals surface area contributed by atoms with Crippen molar-refractivity contribution in [3.05, 3.63) is 16.1 Å². The summed E-state index contributed by atoms with van der Waals surface area (Å²) in [5, 5.41) is 12.2. The van der Waals surface area contributed by atoms with Crippen LogP contribution in [0.15, 0.2) is 10.4 Å². The highest BCUT2D eigenvalue weighted by molar-refractivity contribution is 7.09. The van der Waals surface area contributed by atoms with Gasteiger partial charge in [-0.05, 0) is 27.7 Å². The van der Waals surface area contributed by atoms with Gasteiger partial charge in [-0.2, -0.15) is 0 Å². The molecule has 0 aliphatic carbocycles. The molecule has 0 atom stereocenters. The van der Waals surface area contributed by atoms with Crippen molar-refractivity contribution in [3.8, 4) is 0 Å². The van der Waals surface area contributed by atoms with E-state index in [4.69, 9.17) is 0 Å². The van der Waals surface area contributed by atoms with Gasteiger partial charge in [0, 0.05) is 30.9 Å². The standard InChI is InChI=1S/C14H25N5OS/c1-10-18-11(9-21-10)6-7-16-13(15-5)17-8-12(20)19-14(2,3)4/h9H,6-8H2,1-5H3,(H,19,20)(H2,15,16,17). The van der Waals surface area contributed by atoms with E-state index in [1.165, 1.54) is 0 Å². The first-order valence-electron chi connectivity index (χ1n) is 6.96. The lowest BCUT2D eigenvalue weighted by molar-refractivity contribution is -0.121. The van der Waals surface area contributed by atoms with Crippen LogP contribution in [0, 0.1) is 6.92 Å². The zero-order chi connectivity index (χ0) is 15.9. The smallest absolute Gasteiger partial charge is 0.239 e. The Hall–Kier alpha value is -1.63. The minimum Gasteiger partial charge on any atom is -0.356 e. The second-order valence-electron chi connectivity index (χ2n) is 5.76. The first-order chi connectivity index (χ1) is 9.80. The number of nitrogens with one attached hydrogen (secondary N) is 3. The van der Waals surface area contributed by atoms with Crippen molar-refractivity contribution in [1.82, 2.24) is 20.9 Å². The molecule has 0 radical (unpaired) electrons. The van der Waals surface area contributed by atoms with Crippen molar-refractivity contribution >= 4 is 23.2 Å². The maximum absolute atomic E-state index is 11.7. The largest absolute Gasteiger partial charge is 0.356 e. The number of thiazole rings is 1. The lowest BCUT2D eigenvalue weighted by atomic mass is 10.1. The van der Waals surface area contributed by atoms with E-state index in [2.05, 4.69) is 31.3 Å². The number of carbonyl (C=O) groups excluding carboxylic acids is 1. The average molecular weight is 311 g/mol. The van der Waals surface area contributed by atoms with Gasteiger partial charge in [0.2, 0.25) is 5.91 Å². The van der Waals surface area contributed by atoms with Gasteiger partial charge < -0.3 is 16.0 Å². The van der Waals surface area contributed by atoms with E-state index < -0.39 is 0 Å². The highest BCUT2D eigenvalue weighted by Gasteiger charge is 2.13. The molecule has 0 bridgehead atoms. The van der Waals surface area contributed by atoms with Crippen molar-refractivity contribution in [2.24, 2.45) is 4.99 Å². The van der Waals surface area contributed by atoms with E-state index in [0.717, 1.165) is 23.7 Å². The molecule has 0 spiro atoms. The summed E-state index contributed by atoms with van der Waals surface area (Å²) in [4.78, 5) is 20.2. The third kappa shape index (κ3) is 7.65. The first kappa shape index (κ1) is 17.4. The van der Waals surface area contributed by atoms with E-state index in [1.54, 1.807) is 18.4 Å². The molecule has 0 aliphatic rings. The van der Waals surface area contributed by atoms with E-state index >= 15 is 0 Å². The lowest BCUT2D eigenvalue weighted by Crippen LogP contribution is -2.48. The average Bonchev–Trinajstić information content (AvgIpc) is 2.77. The Morgan fingerprint density at radius 3 is 2.62 bits per heavy atom. The Morgan fingerprint density at radius 1 is 1.38 bits per heavy atom. The molecule has 3 N–H and O–H groups in total. The fraction of sp³-hybridized carbons (Fsp3) is 0.643. The Kier molecular flexibility index (Phi) is 6.61. The van der Waals surface area contributed by atoms with Gasteiger partial charge in [-0.25, -0.2) is 4.98 Å². The molecule has 1 amide bonds. The second kappa shape index (κ2) is 7.97. The molecule has 1 rings (SSSR count). The summed E-state index contributed by atoms with van der Waals surface area (Å²) in [5.41, 5.74) is 0.851. The molecule has 1 heterocycles. The summed E-state index contributed by atoms with van der Waals surface area (Å²) in [5.74, 6) is 0.562. The van der Waals surface area contributed by atoms with Gasteiger partial charge in [0.25, 0.3) is 0 Å². The molecular weight excluding hydrogens is 286 g/mol. The molecule has 0 aliphatic heterocycles. The van der Waals surface area contributed by atoms with Crippen LogP contribution in [0.1, 0.15) is 31.5 Å². The number of nitrogens with zero attached hydrogens (tertiary/aromatic N) is 2. The highest BCUT2D eigenvalue weighted by atomic mass is 32.1. The van der Waals surface area contributed by atoms with Crippen molar-refractivity contribution in [2.75, 3.05) is 20.1 Å². The molecule has 0 fully saturated rings. The first-order valence-corrected chi connectivity index (χ1v) is 7.84. The molecule has 0 saturated carbocycles. The van der Waals surface area contributed by atoms with Crippen molar-refractivity contribution in [2.45, 2.75) is 39.7 Å². The molecule has 1 aromatic rings. The number of amides is 1. The minimum absolute atomic E-state index is 0.0550. The Balaban J connectivity index is 2.27. The Bertz CT molecular complexity index is 490. The van der Waals surface area contributed by atoms with Gasteiger partial charge in [-0.1, -0.05) is 0 Å². The number of aryl methyl sites for hydroxylation is 1. The van der Waals surface area contributed by atoms with Crippen molar-refractivity contribution in [3.63, 3.8) is 0 Å². The summed E-state index contributed by atoms with van der Waals surface area (Å²) < 4.78 is 0. The summed E-state index contributed by atoms with van der Waals surface area (Å²) in [6, 6.07) is 0. The number of guanidine groups is 1. The van der Waals surface area contributed by atoms with Crippen LogP contribution in [-0.4, -0.2) is 42.5 Å². The number of carbonyl (C=O) groups is 1. The number of rotatable bonds is 5. The van der Waals surface area contributed by atoms with Gasteiger partial charge in [0.1, 0.15) is 0 Å². The molecule has 0 aromatic carbocycles. The molecule has 21 heavy (non-hydrogen) atoms. The predicted molar refractivity (Wildman–Crippen MR) is 87.8 cm³/mol. The fourth-order valence-electron chi connectivity index (χ4n) is 1.68. The predicted octanol–water partition coefficient (Wildman–Crippen LogP) is 1.07. The summed E-state index contributed by atoms with van der Waals surface area (Å²) in [6.45, 7) is 8.78. The van der Waals surface area contributed by atoms with E-state index in [9.17, 15) is 4.79 Å². The third-order valence-corrected chi connectivity index (χ3v) is 3.32. The molecule has 0 saturated heterocycles. The normalized spacial score (nSPS) is 12.1. The molecule has 1 aromatic heterocycles. The monoisotopic (exact) mass is 311 g/mol. The van der Waals surface area contributed by atoms with Gasteiger partial charge in [0.15, 0.2) is 5.96 Å². The number of aromatic nitrogens is 1. The van der Waals surface area contributed by atoms with Crippen molar-refractivity contribution < 1.29 is 4.79 Å². The van der Waals surface area contributed by atoms with Crippen LogP contribution in [0.2, 0.25) is 0 Å². The van der Waals surface area contributed by atoms with Crippen LogP contribution in [0.4, 0.5) is 0 Å². The van der Waals surface area contributed by atoms with Crippen LogP contribution in [0.3, 0.4) is 0 Å². The summed E-state index contributed by atoms with van der Waals surface area (Å²) >= 11 is 1.65. The minimum atomic E-state index is -0.224. The SMILES string of the molecule is CN=C(NCCc1csc(C)n1)NCC(=O)NC(C)(C)C. The van der Waals surface area contributed by atoms with Gasteiger partial charge in [-0.3, -0.25) is 9.79 Å². The van der Waals surface area contributed by atoms with Crippen LogP contribution >= 0.6 is 11.3 Å². The number of aliphatic imine (C=N–C) groups is 1. The summed E-state index contributed by atoms with van der Waals surface area (Å²) in [7, 11) is 1.68. The molecule has 6 nitrogen and oxygen atoms in total. The maximum atomic E-state index is 11.7. The zero-order valence-corrected chi connectivity index (χ0v) is 14.2. The Morgan fingerprint density at radius 2 is 2.10 bits per heavy atom. The summed E-state index contributed by atoms with van der Waals surface area (Å²) in [6.07, 6.45) is 0.833. The van der Waals surface area contributed by atoms with E-state index in [-0.39, 0.29) is 18.0 Å². The third-order valence-electron chi connectivity index (χ3n) is 2.49. The lowest BCUT2D eigenvalue weighted by Gasteiger charge is -2.21. The van der Waals surface area contributed by atoms with E-state index in [0.29, 0.717) is 5.96 Å². The van der Waals surface area contributed by atoms with Crippen LogP contribution in [0.25, 0.3) is 0 Å². The Labute approximate surface area is 130 Å².